The van der Waals surface area contributed by atoms with Crippen LogP contribution >= 0.6 is 0 Å². The van der Waals surface area contributed by atoms with E-state index in [2.05, 4.69) is 11.7 Å². The van der Waals surface area contributed by atoms with E-state index in [1.165, 1.54) is 36.4 Å². The lowest BCUT2D eigenvalue weighted by Gasteiger charge is -2.28. The highest BCUT2D eigenvalue weighted by atomic mass is 19.4. The van der Waals surface area contributed by atoms with Gasteiger partial charge in [-0.1, -0.05) is 49.7 Å². The lowest BCUT2D eigenvalue weighted by molar-refractivity contribution is -0.275. The molecule has 0 saturated heterocycles. The number of benzene rings is 3. The van der Waals surface area contributed by atoms with Crippen molar-refractivity contribution >= 4 is 0 Å². The smallest absolute Gasteiger partial charge is 0.428 e. The Morgan fingerprint density at radius 2 is 1.44 bits per heavy atom. The van der Waals surface area contributed by atoms with Crippen LogP contribution in [0.15, 0.2) is 66.7 Å². The lowest BCUT2D eigenvalue weighted by atomic mass is 9.78. The van der Waals surface area contributed by atoms with E-state index >= 15 is 8.78 Å². The summed E-state index contributed by atoms with van der Waals surface area (Å²) in [6.45, 7) is 2.19. The Bertz CT molecular complexity index is 1170. The first kappa shape index (κ1) is 25.9. The van der Waals surface area contributed by atoms with Gasteiger partial charge in [-0.05, 0) is 79.0 Å². The van der Waals surface area contributed by atoms with Gasteiger partial charge in [0.15, 0.2) is 11.6 Å². The van der Waals surface area contributed by atoms with Crippen LogP contribution in [0.2, 0.25) is 0 Å². The van der Waals surface area contributed by atoms with Gasteiger partial charge in [0.25, 0.3) is 0 Å². The largest absolute Gasteiger partial charge is 0.573 e. The third-order valence-electron chi connectivity index (χ3n) is 6.74. The fourth-order valence-corrected chi connectivity index (χ4v) is 4.72. The zero-order valence-electron chi connectivity index (χ0n) is 19.6. The number of halogens is 6. The molecule has 3 aromatic rings. The molecule has 0 radical (unpaired) electrons. The minimum atomic E-state index is -5.06. The van der Waals surface area contributed by atoms with Crippen LogP contribution in [0.25, 0.3) is 11.1 Å². The zero-order valence-corrected chi connectivity index (χ0v) is 19.6. The van der Waals surface area contributed by atoms with Crippen LogP contribution in [0.1, 0.15) is 56.1 Å². The summed E-state index contributed by atoms with van der Waals surface area (Å²) in [7, 11) is 0. The first-order valence-corrected chi connectivity index (χ1v) is 11.9. The minimum Gasteiger partial charge on any atom is -0.428 e. The van der Waals surface area contributed by atoms with Gasteiger partial charge >= 0.3 is 12.5 Å². The van der Waals surface area contributed by atoms with Gasteiger partial charge in [0.1, 0.15) is 5.75 Å². The highest BCUT2D eigenvalue weighted by Crippen LogP contribution is 2.41. The molecule has 0 spiro atoms. The molecule has 0 atom stereocenters. The van der Waals surface area contributed by atoms with Crippen LogP contribution in [-0.4, -0.2) is 6.36 Å². The van der Waals surface area contributed by atoms with Crippen molar-refractivity contribution in [3.05, 3.63) is 83.7 Å². The second-order valence-corrected chi connectivity index (χ2v) is 9.06. The number of ether oxygens (including phenoxy) is 2. The highest BCUT2D eigenvalue weighted by molar-refractivity contribution is 5.71. The fourth-order valence-electron chi connectivity index (χ4n) is 4.72. The van der Waals surface area contributed by atoms with E-state index in [9.17, 15) is 17.6 Å². The summed E-state index contributed by atoms with van der Waals surface area (Å²) < 4.78 is 90.4. The Morgan fingerprint density at radius 1 is 0.778 bits per heavy atom. The Hall–Kier alpha value is -3.16. The molecule has 4 rings (SSSR count). The summed E-state index contributed by atoms with van der Waals surface area (Å²) in [5, 5.41) is 0. The van der Waals surface area contributed by atoms with Gasteiger partial charge < -0.3 is 9.47 Å². The quantitative estimate of drug-likeness (QED) is 0.296. The van der Waals surface area contributed by atoms with E-state index < -0.39 is 24.0 Å². The first-order valence-electron chi connectivity index (χ1n) is 11.9. The first-order chi connectivity index (χ1) is 17.1. The van der Waals surface area contributed by atoms with Gasteiger partial charge in [0, 0.05) is 5.56 Å². The molecule has 3 aromatic carbocycles. The Kier molecular flexibility index (Phi) is 7.52. The van der Waals surface area contributed by atoms with Gasteiger partial charge in [-0.2, -0.15) is 8.78 Å². The van der Waals surface area contributed by atoms with Crippen LogP contribution in [0.4, 0.5) is 26.3 Å². The average molecular weight is 509 g/mol. The average Bonchev–Trinajstić information content (AvgIpc) is 2.85. The van der Waals surface area contributed by atoms with Crippen molar-refractivity contribution in [1.82, 2.24) is 0 Å². The summed E-state index contributed by atoms with van der Waals surface area (Å²) in [6.07, 6.45) is -3.22. The second kappa shape index (κ2) is 10.4. The van der Waals surface area contributed by atoms with Crippen molar-refractivity contribution in [2.45, 2.75) is 57.4 Å². The zero-order chi connectivity index (χ0) is 25.9. The molecule has 0 bridgehead atoms. The van der Waals surface area contributed by atoms with Crippen molar-refractivity contribution in [3.63, 3.8) is 0 Å². The molecule has 0 N–H and O–H groups in total. The number of alkyl halides is 5. The predicted molar refractivity (Wildman–Crippen MR) is 124 cm³/mol. The van der Waals surface area contributed by atoms with E-state index in [0.717, 1.165) is 61.8 Å². The standard InChI is InChI=1S/C28H26F6O2/c1-2-18-7-9-19(10-8-18)20-11-14-22(15-12-20)27(30,31)35-25-6-4-3-5-23(25)21-13-16-26(24(29)17-21)36-28(32,33)34/h3-6,11-19H,2,7-10H2,1H3. The molecule has 192 valence electrons. The molecule has 1 saturated carbocycles. The van der Waals surface area contributed by atoms with Crippen molar-refractivity contribution in [3.8, 4) is 22.6 Å². The number of hydrogen-bond acceptors (Lipinski definition) is 2. The van der Waals surface area contributed by atoms with Gasteiger partial charge in [-0.15, -0.1) is 13.2 Å². The molecule has 8 heteroatoms. The SMILES string of the molecule is CCC1CCC(c2ccc(C(F)(F)Oc3ccccc3-c3ccc(OC(F)(F)F)c(F)c3)cc2)CC1. The third-order valence-corrected chi connectivity index (χ3v) is 6.74. The summed E-state index contributed by atoms with van der Waals surface area (Å²) >= 11 is 0. The lowest BCUT2D eigenvalue weighted by Crippen LogP contribution is -2.22. The van der Waals surface area contributed by atoms with Crippen molar-refractivity contribution in [2.24, 2.45) is 5.92 Å². The molecule has 0 amide bonds. The normalized spacial score (nSPS) is 18.6. The van der Waals surface area contributed by atoms with Gasteiger partial charge in [0.05, 0.1) is 5.56 Å². The van der Waals surface area contributed by atoms with Crippen LogP contribution in [0.3, 0.4) is 0 Å². The molecule has 1 aliphatic rings. The van der Waals surface area contributed by atoms with Crippen LogP contribution in [0.5, 0.6) is 11.5 Å². The van der Waals surface area contributed by atoms with Gasteiger partial charge in [-0.3, -0.25) is 0 Å². The minimum absolute atomic E-state index is 0.0615. The molecule has 2 nitrogen and oxygen atoms in total. The van der Waals surface area contributed by atoms with Crippen molar-refractivity contribution in [2.75, 3.05) is 0 Å². The third kappa shape index (κ3) is 6.15. The molecule has 1 fully saturated rings. The molecule has 36 heavy (non-hydrogen) atoms. The van der Waals surface area contributed by atoms with Crippen molar-refractivity contribution < 1.29 is 35.8 Å². The maximum Gasteiger partial charge on any atom is 0.573 e. The second-order valence-electron chi connectivity index (χ2n) is 9.06. The van der Waals surface area contributed by atoms with Crippen molar-refractivity contribution in [1.29, 1.82) is 0 Å². The fraction of sp³-hybridized carbons (Fsp3) is 0.357. The van der Waals surface area contributed by atoms with Gasteiger partial charge in [0.2, 0.25) is 0 Å². The number of hydrogen-bond donors (Lipinski definition) is 0. The molecule has 0 aromatic heterocycles. The number of rotatable bonds is 7. The van der Waals surface area contributed by atoms with Crippen LogP contribution in [0, 0.1) is 11.7 Å². The Morgan fingerprint density at radius 3 is 2.06 bits per heavy atom. The maximum atomic E-state index is 15.1. The Balaban J connectivity index is 1.52. The predicted octanol–water partition coefficient (Wildman–Crippen LogP) is 9.20. The summed E-state index contributed by atoms with van der Waals surface area (Å²) in [6, 6.07) is 14.6. The molecular formula is C28H26F6O2. The maximum absolute atomic E-state index is 15.1. The topological polar surface area (TPSA) is 18.5 Å². The van der Waals surface area contributed by atoms with E-state index in [-0.39, 0.29) is 22.4 Å². The monoisotopic (exact) mass is 508 g/mol. The van der Waals surface area contributed by atoms with Gasteiger partial charge in [-0.25, -0.2) is 4.39 Å². The molecule has 0 heterocycles. The summed E-state index contributed by atoms with van der Waals surface area (Å²) in [5.41, 5.74) is 0.856. The summed E-state index contributed by atoms with van der Waals surface area (Å²) in [4.78, 5) is 0. The Labute approximate surface area is 205 Å². The number of para-hydroxylation sites is 1. The molecule has 0 aliphatic heterocycles. The van der Waals surface area contributed by atoms with Crippen LogP contribution in [-0.2, 0) is 6.11 Å². The van der Waals surface area contributed by atoms with E-state index in [1.54, 1.807) is 12.1 Å². The summed E-state index contributed by atoms with van der Waals surface area (Å²) in [5.74, 6) is -1.45. The highest BCUT2D eigenvalue weighted by Gasteiger charge is 2.36. The molecule has 0 unspecified atom stereocenters. The van der Waals surface area contributed by atoms with E-state index in [1.807, 2.05) is 0 Å². The van der Waals surface area contributed by atoms with E-state index in [0.29, 0.717) is 5.92 Å². The molecular weight excluding hydrogens is 482 g/mol. The molecule has 1 aliphatic carbocycles. The van der Waals surface area contributed by atoms with Crippen LogP contribution < -0.4 is 9.47 Å². The van der Waals surface area contributed by atoms with E-state index in [4.69, 9.17) is 4.74 Å².